The maximum atomic E-state index is 13.3. The van der Waals surface area contributed by atoms with Crippen LogP contribution < -0.4 is 61.9 Å². The van der Waals surface area contributed by atoms with E-state index in [1.54, 1.807) is 24.3 Å². The topological polar surface area (TPSA) is 79.6 Å². The van der Waals surface area contributed by atoms with Crippen molar-refractivity contribution in [2.75, 3.05) is 6.61 Å². The Bertz CT molecular complexity index is 1540. The van der Waals surface area contributed by atoms with Crippen LogP contribution in [0.2, 0.25) is 0 Å². The molecule has 2 aliphatic rings. The number of rotatable bonds is 11. The van der Waals surface area contributed by atoms with Gasteiger partial charge >= 0.3 is 57.4 Å². The van der Waals surface area contributed by atoms with Gasteiger partial charge in [0.1, 0.15) is 10.1 Å². The molecule has 0 radical (unpaired) electrons. The van der Waals surface area contributed by atoms with Gasteiger partial charge in [-0.05, 0) is 78.0 Å². The zero-order chi connectivity index (χ0) is 28.1. The van der Waals surface area contributed by atoms with Crippen LogP contribution in [0.3, 0.4) is 0 Å². The molecule has 2 aromatic carbocycles. The number of carbonyl (C=O) groups excluding carboxylic acids is 1. The van der Waals surface area contributed by atoms with E-state index in [4.69, 9.17) is 9.15 Å². The summed E-state index contributed by atoms with van der Waals surface area (Å²) in [4.78, 5) is 26.0. The predicted molar refractivity (Wildman–Crippen MR) is 168 cm³/mol. The largest absolute Gasteiger partial charge is 1.00 e. The Labute approximate surface area is 310 Å². The number of halogens is 4. The summed E-state index contributed by atoms with van der Waals surface area (Å²) in [6.07, 6.45) is 9.25. The summed E-state index contributed by atoms with van der Waals surface area (Å²) in [7, 11) is 0. The van der Waals surface area contributed by atoms with E-state index >= 15 is 0 Å². The number of ether oxygens (including phenoxy) is 1. The molecule has 10 heteroatoms. The summed E-state index contributed by atoms with van der Waals surface area (Å²) in [6.45, 7) is 2.56. The van der Waals surface area contributed by atoms with Gasteiger partial charge in [-0.1, -0.05) is 91.7 Å². The van der Waals surface area contributed by atoms with Crippen LogP contribution in [0.25, 0.3) is 33.4 Å². The van der Waals surface area contributed by atoms with Gasteiger partial charge in [0.15, 0.2) is 5.76 Å². The van der Waals surface area contributed by atoms with Gasteiger partial charge in [0, 0.05) is 21.0 Å². The predicted octanol–water partition coefficient (Wildman–Crippen LogP) is 6.99. The maximum Gasteiger partial charge on any atom is 1.00 e. The summed E-state index contributed by atoms with van der Waals surface area (Å²) in [5.74, 6) is -0.437. The van der Waals surface area contributed by atoms with E-state index in [9.17, 15) is 14.7 Å². The second-order valence-electron chi connectivity index (χ2n) is 9.39. The Hall–Kier alpha value is -0.0436. The maximum absolute atomic E-state index is 13.3. The Morgan fingerprint density at radius 1 is 0.875 bits per heavy atom. The smallest absolute Gasteiger partial charge is 0.871 e. The third kappa shape index (κ3) is 7.72. The monoisotopic (exact) mass is 822 g/mol. The van der Waals surface area contributed by atoms with Crippen molar-refractivity contribution in [1.29, 1.82) is 0 Å². The zero-order valence-electron chi connectivity index (χ0n) is 22.4. The fourth-order valence-electron chi connectivity index (χ4n) is 4.63. The minimum Gasteiger partial charge on any atom is -0.871 e. The second kappa shape index (κ2) is 16.1. The van der Waals surface area contributed by atoms with Crippen molar-refractivity contribution in [2.24, 2.45) is 0 Å². The van der Waals surface area contributed by atoms with Gasteiger partial charge in [0.2, 0.25) is 5.43 Å². The minimum atomic E-state index is -0.423. The number of carbonyl (C=O) groups is 1. The van der Waals surface area contributed by atoms with Crippen LogP contribution in [0.15, 0.2) is 63.5 Å². The molecule has 206 valence electrons. The number of esters is 1. The molecular formula is C30H27Br4KO5. The van der Waals surface area contributed by atoms with Crippen LogP contribution in [0.5, 0.6) is 5.75 Å². The Balaban J connectivity index is 0.00000441. The van der Waals surface area contributed by atoms with Gasteiger partial charge in [-0.2, -0.15) is 0 Å². The quantitative estimate of drug-likeness (QED) is 0.0706. The van der Waals surface area contributed by atoms with Gasteiger partial charge in [-0.3, -0.25) is 4.79 Å². The molecule has 0 atom stereocenters. The summed E-state index contributed by atoms with van der Waals surface area (Å²) in [5.41, 5.74) is 2.23. The molecule has 0 bridgehead atoms. The number of benzene rings is 3. The summed E-state index contributed by atoms with van der Waals surface area (Å²) >= 11 is 13.4. The molecule has 0 saturated carbocycles. The van der Waals surface area contributed by atoms with Crippen LogP contribution >= 0.6 is 63.7 Å². The Kier molecular flexibility index (Phi) is 13.9. The van der Waals surface area contributed by atoms with Gasteiger partial charge in [-0.15, -0.1) is 0 Å². The van der Waals surface area contributed by atoms with E-state index in [2.05, 4.69) is 70.6 Å². The average Bonchev–Trinajstić information content (AvgIpc) is 2.93. The fraction of sp³-hybridized carbons (Fsp3) is 0.333. The number of hydrogen-bond donors (Lipinski definition) is 0. The molecule has 1 aliphatic carbocycles. The van der Waals surface area contributed by atoms with Gasteiger partial charge < -0.3 is 14.3 Å². The summed E-state index contributed by atoms with van der Waals surface area (Å²) in [6, 6.07) is 10.5. The molecular weight excluding hydrogens is 799 g/mol. The molecule has 0 amide bonds. The molecule has 2 aromatic rings. The van der Waals surface area contributed by atoms with E-state index in [-0.39, 0.29) is 82.9 Å². The van der Waals surface area contributed by atoms with Crippen molar-refractivity contribution >= 4 is 80.7 Å². The molecule has 1 aliphatic heterocycles. The molecule has 0 fully saturated rings. The SMILES string of the molecule is CCCCCCCCCCOC(=O)c1ccccc1-c1c2cc(Br)c(=O)c(Br)c-2oc2c(Br)c([O-])c(Br)cc12.[K+]. The molecule has 40 heavy (non-hydrogen) atoms. The fourth-order valence-corrected chi connectivity index (χ4v) is 7.04. The average molecular weight is 826 g/mol. The first-order valence-corrected chi connectivity index (χ1v) is 16.1. The third-order valence-electron chi connectivity index (χ3n) is 6.65. The summed E-state index contributed by atoms with van der Waals surface area (Å²) in [5, 5.41) is 13.3. The Morgan fingerprint density at radius 3 is 2.23 bits per heavy atom. The van der Waals surface area contributed by atoms with E-state index in [1.165, 1.54) is 32.1 Å². The van der Waals surface area contributed by atoms with Crippen LogP contribution in [0.4, 0.5) is 0 Å². The number of unbranched alkanes of at least 4 members (excludes halogenated alkanes) is 7. The van der Waals surface area contributed by atoms with E-state index in [0.717, 1.165) is 19.3 Å². The third-order valence-corrected chi connectivity index (χ3v) is 9.27. The standard InChI is InChI=1S/C30H28Br4O5.K/c1-2-3-4-5-6-7-8-11-14-38-30(37)18-13-10-9-12-17(18)23-19-15-21(31)26(35)24(33)28(19)39-29-20(23)16-22(32)27(36)25(29)34;/h9-10,12-13,15-16,35H,2-8,11,14H2,1H3;/q;+1/p-1. The van der Waals surface area contributed by atoms with E-state index in [0.29, 0.717) is 43.2 Å². The molecule has 0 unspecified atom stereocenters. The first-order valence-electron chi connectivity index (χ1n) is 13.0. The molecule has 1 heterocycles. The van der Waals surface area contributed by atoms with Crippen molar-refractivity contribution in [3.8, 4) is 28.2 Å². The molecule has 0 aromatic heterocycles. The Morgan fingerprint density at radius 2 is 1.52 bits per heavy atom. The molecule has 0 N–H and O–H groups in total. The molecule has 0 saturated heterocycles. The van der Waals surface area contributed by atoms with Crippen molar-refractivity contribution in [1.82, 2.24) is 0 Å². The first kappa shape index (κ1) is 34.4. The molecule has 5 nitrogen and oxygen atoms in total. The summed E-state index contributed by atoms with van der Waals surface area (Å²) < 4.78 is 12.9. The van der Waals surface area contributed by atoms with Crippen LogP contribution in [-0.2, 0) is 4.74 Å². The van der Waals surface area contributed by atoms with Gasteiger partial charge in [0.05, 0.1) is 21.1 Å². The second-order valence-corrected chi connectivity index (χ2v) is 12.7. The van der Waals surface area contributed by atoms with E-state index < -0.39 is 5.97 Å². The molecule has 4 rings (SSSR count). The van der Waals surface area contributed by atoms with Gasteiger partial charge in [0.25, 0.3) is 0 Å². The zero-order valence-corrected chi connectivity index (χ0v) is 31.8. The molecule has 0 spiro atoms. The number of hydrogen-bond acceptors (Lipinski definition) is 5. The first-order chi connectivity index (χ1) is 18.8. The normalized spacial score (nSPS) is 11.1. The minimum absolute atomic E-state index is 0. The van der Waals surface area contributed by atoms with Crippen molar-refractivity contribution in [2.45, 2.75) is 58.3 Å². The number of fused-ring (bicyclic) bond motifs is 2. The van der Waals surface area contributed by atoms with Crippen molar-refractivity contribution in [3.63, 3.8) is 0 Å². The van der Waals surface area contributed by atoms with Gasteiger partial charge in [-0.25, -0.2) is 4.79 Å². The van der Waals surface area contributed by atoms with E-state index in [1.807, 2.05) is 12.1 Å². The van der Waals surface area contributed by atoms with Crippen molar-refractivity contribution in [3.05, 3.63) is 70.1 Å². The van der Waals surface area contributed by atoms with Crippen LogP contribution in [-0.4, -0.2) is 12.6 Å². The van der Waals surface area contributed by atoms with Crippen molar-refractivity contribution < 1.29 is 70.4 Å². The van der Waals surface area contributed by atoms with Crippen LogP contribution in [0, 0.1) is 0 Å². The van der Waals surface area contributed by atoms with Crippen LogP contribution in [0.1, 0.15) is 68.6 Å².